The number of benzene rings is 2. The predicted octanol–water partition coefficient (Wildman–Crippen LogP) is 3.33. The number of amides is 1. The van der Waals surface area contributed by atoms with E-state index in [1.807, 2.05) is 24.4 Å². The molecule has 8 heteroatoms. The molecular formula is C21H18N4O4. The lowest BCUT2D eigenvalue weighted by molar-refractivity contribution is 0.0997. The first-order valence-electron chi connectivity index (χ1n) is 8.72. The number of ether oxygens (including phenoxy) is 3. The van der Waals surface area contributed by atoms with Crippen LogP contribution in [0.25, 0.3) is 16.6 Å². The molecule has 0 saturated carbocycles. The molecular weight excluding hydrogens is 372 g/mol. The molecule has 4 aromatic rings. The normalized spacial score (nSPS) is 10.7. The largest absolute Gasteiger partial charge is 0.497 e. The van der Waals surface area contributed by atoms with Gasteiger partial charge in [0, 0.05) is 48.2 Å². The molecule has 0 spiro atoms. The minimum absolute atomic E-state index is 0.251. The Hall–Kier alpha value is -4.07. The number of carbonyl (C=O) groups excluding carboxylic acids is 1. The zero-order chi connectivity index (χ0) is 20.4. The van der Waals surface area contributed by atoms with E-state index in [0.29, 0.717) is 33.9 Å². The van der Waals surface area contributed by atoms with E-state index in [0.717, 1.165) is 5.69 Å². The fourth-order valence-electron chi connectivity index (χ4n) is 3.01. The molecule has 4 rings (SSSR count). The minimum Gasteiger partial charge on any atom is -0.497 e. The molecule has 0 unspecified atom stereocenters. The van der Waals surface area contributed by atoms with Gasteiger partial charge in [-0.1, -0.05) is 0 Å². The first kappa shape index (κ1) is 18.3. The standard InChI is InChI=1S/C21H18N4O4/c1-27-14-8-13(25-7-3-5-24-25)9-15(10-14)29-19-4-6-23-18-12-20(28-2)17(21(22)26)11-16(18)19/h3-12H,1-2H3,(H2,22,26). The van der Waals surface area contributed by atoms with Gasteiger partial charge in [0.25, 0.3) is 5.91 Å². The lowest BCUT2D eigenvalue weighted by Crippen LogP contribution is -2.12. The Labute approximate surface area is 166 Å². The van der Waals surface area contributed by atoms with E-state index in [2.05, 4.69) is 10.1 Å². The molecule has 2 aromatic carbocycles. The Morgan fingerprint density at radius 3 is 2.52 bits per heavy atom. The molecule has 2 heterocycles. The predicted molar refractivity (Wildman–Crippen MR) is 107 cm³/mol. The van der Waals surface area contributed by atoms with Crippen LogP contribution in [0.3, 0.4) is 0 Å². The van der Waals surface area contributed by atoms with Gasteiger partial charge < -0.3 is 19.9 Å². The zero-order valence-corrected chi connectivity index (χ0v) is 15.8. The quantitative estimate of drug-likeness (QED) is 0.542. The van der Waals surface area contributed by atoms with Gasteiger partial charge in [0.1, 0.15) is 23.0 Å². The van der Waals surface area contributed by atoms with Crippen molar-refractivity contribution in [1.29, 1.82) is 0 Å². The van der Waals surface area contributed by atoms with Gasteiger partial charge >= 0.3 is 0 Å². The highest BCUT2D eigenvalue weighted by Crippen LogP contribution is 2.35. The Morgan fingerprint density at radius 2 is 1.83 bits per heavy atom. The maximum absolute atomic E-state index is 11.8. The molecule has 146 valence electrons. The van der Waals surface area contributed by atoms with Crippen molar-refractivity contribution in [2.75, 3.05) is 14.2 Å². The van der Waals surface area contributed by atoms with Crippen molar-refractivity contribution >= 4 is 16.8 Å². The Morgan fingerprint density at radius 1 is 1.00 bits per heavy atom. The second kappa shape index (κ2) is 7.51. The second-order valence-electron chi connectivity index (χ2n) is 6.16. The summed E-state index contributed by atoms with van der Waals surface area (Å²) in [6.07, 6.45) is 5.14. The molecule has 0 aliphatic heterocycles. The lowest BCUT2D eigenvalue weighted by atomic mass is 10.1. The summed E-state index contributed by atoms with van der Waals surface area (Å²) in [7, 11) is 3.06. The fraction of sp³-hybridized carbons (Fsp3) is 0.0952. The van der Waals surface area contributed by atoms with E-state index in [9.17, 15) is 4.79 Å². The molecule has 0 atom stereocenters. The van der Waals surface area contributed by atoms with Crippen molar-refractivity contribution in [3.63, 3.8) is 0 Å². The Balaban J connectivity index is 1.81. The van der Waals surface area contributed by atoms with Crippen LogP contribution in [0.1, 0.15) is 10.4 Å². The van der Waals surface area contributed by atoms with Crippen molar-refractivity contribution in [3.8, 4) is 28.7 Å². The van der Waals surface area contributed by atoms with Crippen LogP contribution in [-0.4, -0.2) is 34.9 Å². The van der Waals surface area contributed by atoms with E-state index >= 15 is 0 Å². The number of pyridine rings is 1. The third-order valence-electron chi connectivity index (χ3n) is 4.39. The average molecular weight is 390 g/mol. The molecule has 2 N–H and O–H groups in total. The summed E-state index contributed by atoms with van der Waals surface area (Å²) < 4.78 is 18.5. The summed E-state index contributed by atoms with van der Waals surface area (Å²) in [6.45, 7) is 0. The van der Waals surface area contributed by atoms with Crippen LogP contribution >= 0.6 is 0 Å². The third-order valence-corrected chi connectivity index (χ3v) is 4.39. The summed E-state index contributed by atoms with van der Waals surface area (Å²) in [4.78, 5) is 16.1. The van der Waals surface area contributed by atoms with Crippen LogP contribution in [-0.2, 0) is 0 Å². The first-order chi connectivity index (χ1) is 14.1. The number of carbonyl (C=O) groups is 1. The zero-order valence-electron chi connectivity index (χ0n) is 15.8. The van der Waals surface area contributed by atoms with Gasteiger partial charge in [0.2, 0.25) is 0 Å². The number of methoxy groups -OCH3 is 2. The minimum atomic E-state index is -0.596. The second-order valence-corrected chi connectivity index (χ2v) is 6.16. The van der Waals surface area contributed by atoms with Crippen molar-refractivity contribution in [3.05, 3.63) is 66.6 Å². The highest BCUT2D eigenvalue weighted by atomic mass is 16.5. The van der Waals surface area contributed by atoms with Crippen LogP contribution in [0.15, 0.2) is 61.1 Å². The summed E-state index contributed by atoms with van der Waals surface area (Å²) in [5.41, 5.74) is 7.13. The van der Waals surface area contributed by atoms with E-state index in [-0.39, 0.29) is 5.56 Å². The smallest absolute Gasteiger partial charge is 0.252 e. The first-order valence-corrected chi connectivity index (χ1v) is 8.72. The highest BCUT2D eigenvalue weighted by Gasteiger charge is 2.15. The van der Waals surface area contributed by atoms with E-state index in [1.54, 1.807) is 48.5 Å². The van der Waals surface area contributed by atoms with Gasteiger partial charge in [-0.05, 0) is 18.2 Å². The molecule has 1 amide bonds. The topological polar surface area (TPSA) is 101 Å². The fourth-order valence-corrected chi connectivity index (χ4v) is 3.01. The average Bonchev–Trinajstić information content (AvgIpc) is 3.27. The van der Waals surface area contributed by atoms with Gasteiger partial charge in [0.05, 0.1) is 31.0 Å². The summed E-state index contributed by atoms with van der Waals surface area (Å²) in [6, 6.07) is 12.3. The number of primary amides is 1. The van der Waals surface area contributed by atoms with Crippen molar-refractivity contribution in [1.82, 2.24) is 14.8 Å². The highest BCUT2D eigenvalue weighted by molar-refractivity contribution is 6.01. The van der Waals surface area contributed by atoms with Gasteiger partial charge in [-0.2, -0.15) is 5.10 Å². The molecule has 0 bridgehead atoms. The number of fused-ring (bicyclic) bond motifs is 1. The summed E-state index contributed by atoms with van der Waals surface area (Å²) in [5.74, 6) is 1.43. The van der Waals surface area contributed by atoms with Crippen LogP contribution in [0, 0.1) is 0 Å². The number of aromatic nitrogens is 3. The molecule has 0 radical (unpaired) electrons. The van der Waals surface area contributed by atoms with Gasteiger partial charge in [0.15, 0.2) is 0 Å². The van der Waals surface area contributed by atoms with Crippen LogP contribution in [0.4, 0.5) is 0 Å². The molecule has 8 nitrogen and oxygen atoms in total. The van der Waals surface area contributed by atoms with Crippen LogP contribution in [0.2, 0.25) is 0 Å². The third kappa shape index (κ3) is 3.55. The van der Waals surface area contributed by atoms with Crippen LogP contribution in [0.5, 0.6) is 23.0 Å². The number of rotatable bonds is 6. The van der Waals surface area contributed by atoms with Crippen LogP contribution < -0.4 is 19.9 Å². The Bertz CT molecular complexity index is 1190. The molecule has 2 aromatic heterocycles. The monoisotopic (exact) mass is 390 g/mol. The van der Waals surface area contributed by atoms with Crippen molar-refractivity contribution in [2.45, 2.75) is 0 Å². The Kier molecular flexibility index (Phi) is 4.74. The maximum Gasteiger partial charge on any atom is 0.252 e. The van der Waals surface area contributed by atoms with Crippen molar-refractivity contribution in [2.24, 2.45) is 5.73 Å². The molecule has 29 heavy (non-hydrogen) atoms. The number of nitrogens with zero attached hydrogens (tertiary/aromatic N) is 3. The van der Waals surface area contributed by atoms with E-state index < -0.39 is 5.91 Å². The summed E-state index contributed by atoms with van der Waals surface area (Å²) in [5, 5.41) is 4.87. The van der Waals surface area contributed by atoms with Crippen molar-refractivity contribution < 1.29 is 19.0 Å². The van der Waals surface area contributed by atoms with Gasteiger partial charge in [-0.3, -0.25) is 9.78 Å². The number of hydrogen-bond donors (Lipinski definition) is 1. The molecule has 0 fully saturated rings. The summed E-state index contributed by atoms with van der Waals surface area (Å²) >= 11 is 0. The van der Waals surface area contributed by atoms with E-state index in [4.69, 9.17) is 19.9 Å². The number of hydrogen-bond acceptors (Lipinski definition) is 6. The van der Waals surface area contributed by atoms with E-state index in [1.165, 1.54) is 7.11 Å². The maximum atomic E-state index is 11.8. The lowest BCUT2D eigenvalue weighted by Gasteiger charge is -2.13. The molecule has 0 aliphatic rings. The SMILES string of the molecule is COc1cc(Oc2ccnc3cc(OC)c(C(N)=O)cc23)cc(-n2cccn2)c1. The molecule has 0 saturated heterocycles. The van der Waals surface area contributed by atoms with Gasteiger partial charge in [-0.15, -0.1) is 0 Å². The molecule has 0 aliphatic carbocycles. The number of nitrogens with two attached hydrogens (primary N) is 1. The van der Waals surface area contributed by atoms with Gasteiger partial charge in [-0.25, -0.2) is 4.68 Å².